The molecule has 1 aliphatic rings. The molecule has 0 aliphatic carbocycles. The van der Waals surface area contributed by atoms with Crippen LogP contribution in [0.2, 0.25) is 0 Å². The van der Waals surface area contributed by atoms with Crippen LogP contribution in [-0.2, 0) is 5.75 Å². The van der Waals surface area contributed by atoms with Gasteiger partial charge >= 0.3 is 0 Å². The molecule has 5 rings (SSSR count). The number of carbonyl (C=O) groups is 1. The van der Waals surface area contributed by atoms with Crippen LogP contribution >= 0.6 is 11.8 Å². The molecule has 6 nitrogen and oxygen atoms in total. The van der Waals surface area contributed by atoms with E-state index in [1.807, 2.05) is 66.4 Å². The summed E-state index contributed by atoms with van der Waals surface area (Å²) in [5.41, 5.74) is 4.17. The number of nitrogens with zero attached hydrogens (tertiary/aromatic N) is 5. The maximum Gasteiger partial charge on any atom is 0.253 e. The second-order valence-corrected chi connectivity index (χ2v) is 9.98. The first-order valence-corrected chi connectivity index (χ1v) is 12.9. The molecule has 1 saturated heterocycles. The number of aryl methyl sites for hydroxylation is 1. The van der Waals surface area contributed by atoms with E-state index in [1.165, 1.54) is 17.8 Å². The van der Waals surface area contributed by atoms with Crippen LogP contribution in [0.3, 0.4) is 0 Å². The van der Waals surface area contributed by atoms with E-state index >= 15 is 0 Å². The van der Waals surface area contributed by atoms with E-state index in [0.29, 0.717) is 28.0 Å². The molecule has 4 aromatic rings. The summed E-state index contributed by atoms with van der Waals surface area (Å²) in [6.07, 6.45) is 0. The molecule has 2 heterocycles. The molecule has 0 unspecified atom stereocenters. The molecule has 1 aromatic heterocycles. The molecular weight excluding hydrogens is 473 g/mol. The first-order chi connectivity index (χ1) is 17.5. The van der Waals surface area contributed by atoms with Crippen molar-refractivity contribution in [2.45, 2.75) is 17.8 Å². The monoisotopic (exact) mass is 501 g/mol. The number of hydrogen-bond donors (Lipinski definition) is 0. The Labute approximate surface area is 214 Å². The van der Waals surface area contributed by atoms with Gasteiger partial charge in [0.2, 0.25) is 0 Å². The highest BCUT2D eigenvalue weighted by molar-refractivity contribution is 7.98. The van der Waals surface area contributed by atoms with Crippen molar-refractivity contribution in [3.63, 3.8) is 0 Å². The quantitative estimate of drug-likeness (QED) is 0.346. The summed E-state index contributed by atoms with van der Waals surface area (Å²) in [5.74, 6) is 0.947. The molecular formula is C28H28FN5OS. The third-order valence-corrected chi connectivity index (χ3v) is 7.40. The van der Waals surface area contributed by atoms with E-state index in [9.17, 15) is 9.18 Å². The highest BCUT2D eigenvalue weighted by atomic mass is 32.2. The lowest BCUT2D eigenvalue weighted by atomic mass is 10.1. The summed E-state index contributed by atoms with van der Waals surface area (Å²) in [4.78, 5) is 17.0. The van der Waals surface area contributed by atoms with Gasteiger partial charge in [0.25, 0.3) is 5.91 Å². The summed E-state index contributed by atoms with van der Waals surface area (Å²) < 4.78 is 16.6. The van der Waals surface area contributed by atoms with Gasteiger partial charge in [0.1, 0.15) is 5.82 Å². The Kier molecular flexibility index (Phi) is 7.16. The first kappa shape index (κ1) is 24.2. The highest BCUT2D eigenvalue weighted by Crippen LogP contribution is 2.31. The van der Waals surface area contributed by atoms with Gasteiger partial charge in [-0.15, -0.1) is 10.2 Å². The van der Waals surface area contributed by atoms with Crippen LogP contribution in [0.1, 0.15) is 21.5 Å². The fourth-order valence-corrected chi connectivity index (χ4v) is 5.09. The predicted molar refractivity (Wildman–Crippen MR) is 141 cm³/mol. The lowest BCUT2D eigenvalue weighted by Crippen LogP contribution is -2.47. The maximum absolute atomic E-state index is 14.8. The van der Waals surface area contributed by atoms with Crippen molar-refractivity contribution >= 4 is 17.7 Å². The third-order valence-electron chi connectivity index (χ3n) is 6.40. The second kappa shape index (κ2) is 10.6. The second-order valence-electron chi connectivity index (χ2n) is 9.04. The minimum atomic E-state index is -0.334. The Morgan fingerprint density at radius 2 is 1.61 bits per heavy atom. The van der Waals surface area contributed by atoms with Gasteiger partial charge in [-0.05, 0) is 43.8 Å². The van der Waals surface area contributed by atoms with Gasteiger partial charge in [0, 0.05) is 43.1 Å². The van der Waals surface area contributed by atoms with Crippen LogP contribution in [0, 0.1) is 12.7 Å². The Hall–Kier alpha value is -3.49. The van der Waals surface area contributed by atoms with Gasteiger partial charge in [-0.25, -0.2) is 4.39 Å². The molecule has 0 atom stereocenters. The summed E-state index contributed by atoms with van der Waals surface area (Å²) in [6.45, 7) is 5.32. The van der Waals surface area contributed by atoms with Crippen molar-refractivity contribution in [2.24, 2.45) is 0 Å². The van der Waals surface area contributed by atoms with Crippen molar-refractivity contribution < 1.29 is 9.18 Å². The molecule has 0 saturated carbocycles. The van der Waals surface area contributed by atoms with Gasteiger partial charge in [0.15, 0.2) is 11.0 Å². The Bertz CT molecular complexity index is 1350. The van der Waals surface area contributed by atoms with E-state index in [-0.39, 0.29) is 11.7 Å². The van der Waals surface area contributed by atoms with Crippen molar-refractivity contribution in [1.29, 1.82) is 0 Å². The molecule has 0 radical (unpaired) electrons. The molecule has 3 aromatic carbocycles. The highest BCUT2D eigenvalue weighted by Gasteiger charge is 2.21. The van der Waals surface area contributed by atoms with Crippen LogP contribution in [0.5, 0.6) is 0 Å². The number of hydrogen-bond acceptors (Lipinski definition) is 5. The molecule has 8 heteroatoms. The zero-order chi connectivity index (χ0) is 25.1. The topological polar surface area (TPSA) is 54.3 Å². The van der Waals surface area contributed by atoms with Crippen molar-refractivity contribution in [2.75, 3.05) is 33.2 Å². The minimum Gasteiger partial charge on any atom is -0.336 e. The number of para-hydroxylation sites is 1. The Morgan fingerprint density at radius 1 is 0.917 bits per heavy atom. The van der Waals surface area contributed by atoms with Crippen molar-refractivity contribution in [1.82, 2.24) is 24.6 Å². The number of halogens is 1. The van der Waals surface area contributed by atoms with Crippen LogP contribution in [0.15, 0.2) is 78.0 Å². The molecule has 1 amide bonds. The molecule has 36 heavy (non-hydrogen) atoms. The van der Waals surface area contributed by atoms with E-state index in [4.69, 9.17) is 0 Å². The average molecular weight is 502 g/mol. The summed E-state index contributed by atoms with van der Waals surface area (Å²) >= 11 is 1.49. The molecule has 0 bridgehead atoms. The van der Waals surface area contributed by atoms with E-state index in [1.54, 1.807) is 16.7 Å². The zero-order valence-electron chi connectivity index (χ0n) is 20.4. The largest absolute Gasteiger partial charge is 0.336 e. The number of rotatable bonds is 6. The van der Waals surface area contributed by atoms with Crippen molar-refractivity contribution in [3.05, 3.63) is 95.3 Å². The number of benzene rings is 3. The standard InChI is InChI=1S/C28H28FN5OS/c1-20-7-11-22(12-8-20)26-30-31-28(34(26)25-6-4-3-5-24(25)29)36-19-21-9-13-23(14-10-21)27(35)33-17-15-32(2)16-18-33/h3-14H,15-19H2,1-2H3. The maximum atomic E-state index is 14.8. The summed E-state index contributed by atoms with van der Waals surface area (Å²) in [6, 6.07) is 22.3. The molecule has 184 valence electrons. The smallest absolute Gasteiger partial charge is 0.253 e. The first-order valence-electron chi connectivity index (χ1n) is 12.0. The number of carbonyl (C=O) groups excluding carboxylic acids is 1. The van der Waals surface area contributed by atoms with Gasteiger partial charge < -0.3 is 9.80 Å². The normalized spacial score (nSPS) is 14.2. The minimum absolute atomic E-state index is 0.0735. The van der Waals surface area contributed by atoms with Crippen LogP contribution in [0.25, 0.3) is 17.1 Å². The van der Waals surface area contributed by atoms with Crippen LogP contribution in [0.4, 0.5) is 4.39 Å². The van der Waals surface area contributed by atoms with Gasteiger partial charge in [-0.1, -0.05) is 65.9 Å². The third kappa shape index (κ3) is 5.20. The van der Waals surface area contributed by atoms with Gasteiger partial charge in [0.05, 0.1) is 5.69 Å². The lowest BCUT2D eigenvalue weighted by molar-refractivity contribution is 0.0664. The number of piperazine rings is 1. The zero-order valence-corrected chi connectivity index (χ0v) is 21.2. The summed E-state index contributed by atoms with van der Waals surface area (Å²) in [5, 5.41) is 9.42. The van der Waals surface area contributed by atoms with Gasteiger partial charge in [-0.2, -0.15) is 0 Å². The molecule has 0 spiro atoms. The number of aromatic nitrogens is 3. The van der Waals surface area contributed by atoms with E-state index in [0.717, 1.165) is 42.9 Å². The Balaban J connectivity index is 1.36. The Morgan fingerprint density at radius 3 is 2.31 bits per heavy atom. The number of thioether (sulfide) groups is 1. The fraction of sp³-hybridized carbons (Fsp3) is 0.250. The lowest BCUT2D eigenvalue weighted by Gasteiger charge is -2.32. The van der Waals surface area contributed by atoms with Crippen molar-refractivity contribution in [3.8, 4) is 17.1 Å². The van der Waals surface area contributed by atoms with E-state index in [2.05, 4.69) is 22.1 Å². The van der Waals surface area contributed by atoms with Crippen LogP contribution in [-0.4, -0.2) is 63.7 Å². The van der Waals surface area contributed by atoms with Crippen LogP contribution < -0.4 is 0 Å². The predicted octanol–water partition coefficient (Wildman–Crippen LogP) is 5.06. The summed E-state index contributed by atoms with van der Waals surface area (Å²) in [7, 11) is 2.07. The molecule has 1 aliphatic heterocycles. The number of likely N-dealkylation sites (N-methyl/N-ethyl adjacent to an activating group) is 1. The van der Waals surface area contributed by atoms with E-state index < -0.39 is 0 Å². The molecule has 0 N–H and O–H groups in total. The average Bonchev–Trinajstić information content (AvgIpc) is 3.32. The fourth-order valence-electron chi connectivity index (χ4n) is 4.19. The molecule has 1 fully saturated rings. The number of amides is 1. The SMILES string of the molecule is Cc1ccc(-c2nnc(SCc3ccc(C(=O)N4CCN(C)CC4)cc3)n2-c2ccccc2F)cc1. The van der Waals surface area contributed by atoms with Gasteiger partial charge in [-0.3, -0.25) is 9.36 Å².